The minimum atomic E-state index is 0.774. The van der Waals surface area contributed by atoms with Gasteiger partial charge in [0.05, 0.1) is 17.9 Å². The van der Waals surface area contributed by atoms with Gasteiger partial charge in [-0.05, 0) is 69.7 Å². The van der Waals surface area contributed by atoms with Crippen molar-refractivity contribution in [2.45, 2.75) is 13.5 Å². The highest BCUT2D eigenvalue weighted by molar-refractivity contribution is 14.1. The first-order valence-corrected chi connectivity index (χ1v) is 7.12. The van der Waals surface area contributed by atoms with Gasteiger partial charge in [0, 0.05) is 20.8 Å². The average molecular weight is 406 g/mol. The molecular weight excluding hydrogens is 393 g/mol. The summed E-state index contributed by atoms with van der Waals surface area (Å²) in [5.41, 5.74) is 3.32. The van der Waals surface area contributed by atoms with Gasteiger partial charge in [0.25, 0.3) is 0 Å². The van der Waals surface area contributed by atoms with Crippen molar-refractivity contribution in [1.29, 1.82) is 0 Å². The van der Waals surface area contributed by atoms with Gasteiger partial charge in [0.15, 0.2) is 0 Å². The summed E-state index contributed by atoms with van der Waals surface area (Å²) in [5, 5.41) is 7.72. The second-order valence-corrected chi connectivity index (χ2v) is 5.98. The van der Waals surface area contributed by atoms with Gasteiger partial charge in [-0.1, -0.05) is 0 Å². The molecule has 0 radical (unpaired) electrons. The number of halogens is 2. The van der Waals surface area contributed by atoms with E-state index in [1.807, 2.05) is 18.7 Å². The lowest BCUT2D eigenvalue weighted by Crippen LogP contribution is -2.05. The van der Waals surface area contributed by atoms with Gasteiger partial charge in [-0.3, -0.25) is 4.68 Å². The predicted octanol–water partition coefficient (Wildman–Crippen LogP) is 3.71. The highest BCUT2D eigenvalue weighted by Crippen LogP contribution is 2.24. The molecule has 5 heteroatoms. The molecule has 1 aromatic heterocycles. The molecule has 2 rings (SSSR count). The summed E-state index contributed by atoms with van der Waals surface area (Å²) in [5.74, 6) is 0. The third kappa shape index (κ3) is 3.22. The van der Waals surface area contributed by atoms with E-state index in [1.165, 1.54) is 9.26 Å². The van der Waals surface area contributed by atoms with Crippen LogP contribution in [0.3, 0.4) is 0 Å². The van der Waals surface area contributed by atoms with Crippen molar-refractivity contribution in [2.24, 2.45) is 7.05 Å². The zero-order valence-corrected chi connectivity index (χ0v) is 13.4. The van der Waals surface area contributed by atoms with Gasteiger partial charge >= 0.3 is 0 Å². The Morgan fingerprint density at radius 2 is 2.18 bits per heavy atom. The Morgan fingerprint density at radius 1 is 1.41 bits per heavy atom. The second-order valence-electron chi connectivity index (χ2n) is 3.88. The van der Waals surface area contributed by atoms with Gasteiger partial charge in [-0.15, -0.1) is 0 Å². The van der Waals surface area contributed by atoms with Crippen LogP contribution in [0.5, 0.6) is 0 Å². The van der Waals surface area contributed by atoms with Crippen molar-refractivity contribution in [3.63, 3.8) is 0 Å². The summed E-state index contributed by atoms with van der Waals surface area (Å²) in [4.78, 5) is 0. The maximum Gasteiger partial charge on any atom is 0.0597 e. The van der Waals surface area contributed by atoms with Crippen molar-refractivity contribution in [3.8, 4) is 0 Å². The van der Waals surface area contributed by atoms with Crippen molar-refractivity contribution in [1.82, 2.24) is 9.78 Å². The highest BCUT2D eigenvalue weighted by Gasteiger charge is 2.04. The minimum absolute atomic E-state index is 0.774. The molecule has 0 aliphatic heterocycles. The molecule has 3 nitrogen and oxygen atoms in total. The number of nitrogens with one attached hydrogen (secondary N) is 1. The Kier molecular flexibility index (Phi) is 4.09. The smallest absolute Gasteiger partial charge is 0.0597 e. The van der Waals surface area contributed by atoms with Crippen LogP contribution in [0.2, 0.25) is 0 Å². The van der Waals surface area contributed by atoms with E-state index >= 15 is 0 Å². The zero-order valence-electron chi connectivity index (χ0n) is 9.67. The lowest BCUT2D eigenvalue weighted by molar-refractivity contribution is 0.713. The van der Waals surface area contributed by atoms with E-state index in [2.05, 4.69) is 73.2 Å². The molecule has 0 aliphatic carbocycles. The van der Waals surface area contributed by atoms with E-state index in [0.29, 0.717) is 0 Å². The number of anilines is 1. The first-order chi connectivity index (χ1) is 8.06. The number of rotatable bonds is 3. The third-order valence-corrected chi connectivity index (χ3v) is 3.82. The summed E-state index contributed by atoms with van der Waals surface area (Å²) in [6, 6.07) is 8.35. The number of aromatic nitrogens is 2. The van der Waals surface area contributed by atoms with Crippen LogP contribution in [0, 0.1) is 10.5 Å². The van der Waals surface area contributed by atoms with Gasteiger partial charge in [-0.25, -0.2) is 0 Å². The topological polar surface area (TPSA) is 29.9 Å². The standard InChI is InChI=1S/C12H13BrIN3/c1-8-5-10(17(2)16-8)7-15-12-4-3-9(14)6-11(12)13/h3-6,15H,7H2,1-2H3. The summed E-state index contributed by atoms with van der Waals surface area (Å²) in [6.45, 7) is 2.78. The second kappa shape index (κ2) is 5.39. The van der Waals surface area contributed by atoms with Crippen LogP contribution >= 0.6 is 38.5 Å². The quantitative estimate of drug-likeness (QED) is 0.789. The Hall–Kier alpha value is -0.560. The largest absolute Gasteiger partial charge is 0.378 e. The molecule has 0 saturated heterocycles. The normalized spacial score (nSPS) is 10.6. The van der Waals surface area contributed by atoms with E-state index in [9.17, 15) is 0 Å². The molecule has 0 spiro atoms. The first kappa shape index (κ1) is 12.9. The molecule has 0 saturated carbocycles. The van der Waals surface area contributed by atoms with Crippen LogP contribution in [-0.4, -0.2) is 9.78 Å². The van der Waals surface area contributed by atoms with Gasteiger partial charge < -0.3 is 5.32 Å². The summed E-state index contributed by atoms with van der Waals surface area (Å²) in [6.07, 6.45) is 0. The maximum absolute atomic E-state index is 4.32. The van der Waals surface area contributed by atoms with Crippen molar-refractivity contribution in [3.05, 3.63) is 43.7 Å². The fraction of sp³-hybridized carbons (Fsp3) is 0.250. The van der Waals surface area contributed by atoms with Crippen LogP contribution in [0.4, 0.5) is 5.69 Å². The minimum Gasteiger partial charge on any atom is -0.378 e. The molecule has 17 heavy (non-hydrogen) atoms. The first-order valence-electron chi connectivity index (χ1n) is 5.24. The molecule has 0 bridgehead atoms. The lowest BCUT2D eigenvalue weighted by atomic mass is 10.3. The highest BCUT2D eigenvalue weighted by atomic mass is 127. The Labute approximate surface area is 123 Å². The van der Waals surface area contributed by atoms with E-state index in [1.54, 1.807) is 0 Å². The molecule has 1 aromatic carbocycles. The van der Waals surface area contributed by atoms with Crippen molar-refractivity contribution < 1.29 is 0 Å². The number of hydrogen-bond donors (Lipinski definition) is 1. The predicted molar refractivity (Wildman–Crippen MR) is 82.1 cm³/mol. The summed E-state index contributed by atoms with van der Waals surface area (Å²) >= 11 is 5.85. The fourth-order valence-corrected chi connectivity index (χ4v) is 3.09. The Bertz CT molecular complexity index is 537. The van der Waals surface area contributed by atoms with Crippen molar-refractivity contribution in [2.75, 3.05) is 5.32 Å². The van der Waals surface area contributed by atoms with E-state index < -0.39 is 0 Å². The number of nitrogens with zero attached hydrogens (tertiary/aromatic N) is 2. The van der Waals surface area contributed by atoms with Gasteiger partial charge in [-0.2, -0.15) is 5.10 Å². The zero-order chi connectivity index (χ0) is 12.4. The SMILES string of the molecule is Cc1cc(CNc2ccc(I)cc2Br)n(C)n1. The molecule has 90 valence electrons. The third-order valence-electron chi connectivity index (χ3n) is 2.49. The van der Waals surface area contributed by atoms with E-state index in [4.69, 9.17) is 0 Å². The van der Waals surface area contributed by atoms with Crippen LogP contribution in [-0.2, 0) is 13.6 Å². The molecule has 0 amide bonds. The summed E-state index contributed by atoms with van der Waals surface area (Å²) < 4.78 is 4.21. The monoisotopic (exact) mass is 405 g/mol. The maximum atomic E-state index is 4.32. The fourth-order valence-electron chi connectivity index (χ4n) is 1.65. The van der Waals surface area contributed by atoms with Gasteiger partial charge in [0.2, 0.25) is 0 Å². The van der Waals surface area contributed by atoms with Crippen molar-refractivity contribution >= 4 is 44.2 Å². The number of benzene rings is 1. The van der Waals surface area contributed by atoms with Crippen LogP contribution in [0.1, 0.15) is 11.4 Å². The molecular formula is C12H13BrIN3. The molecule has 1 heterocycles. The Balaban J connectivity index is 2.10. The molecule has 0 unspecified atom stereocenters. The number of aryl methyl sites for hydroxylation is 2. The molecule has 2 aromatic rings. The molecule has 0 fully saturated rings. The molecule has 0 aliphatic rings. The lowest BCUT2D eigenvalue weighted by Gasteiger charge is -2.09. The van der Waals surface area contributed by atoms with Crippen LogP contribution in [0.15, 0.2) is 28.7 Å². The average Bonchev–Trinajstić information content (AvgIpc) is 2.56. The molecule has 0 atom stereocenters. The Morgan fingerprint density at radius 3 is 2.76 bits per heavy atom. The van der Waals surface area contributed by atoms with Crippen LogP contribution in [0.25, 0.3) is 0 Å². The van der Waals surface area contributed by atoms with Gasteiger partial charge in [0.1, 0.15) is 0 Å². The van der Waals surface area contributed by atoms with Crippen LogP contribution < -0.4 is 5.32 Å². The summed E-state index contributed by atoms with van der Waals surface area (Å²) in [7, 11) is 1.97. The number of hydrogen-bond acceptors (Lipinski definition) is 2. The van der Waals surface area contributed by atoms with E-state index in [-0.39, 0.29) is 0 Å². The molecule has 1 N–H and O–H groups in total. The van der Waals surface area contributed by atoms with E-state index in [0.717, 1.165) is 22.4 Å².